The van der Waals surface area contributed by atoms with Gasteiger partial charge in [0.2, 0.25) is 0 Å². The summed E-state index contributed by atoms with van der Waals surface area (Å²) in [6, 6.07) is 11.7. The van der Waals surface area contributed by atoms with Crippen LogP contribution >= 0.6 is 0 Å². The molecule has 1 nitrogen and oxygen atoms in total. The van der Waals surface area contributed by atoms with Gasteiger partial charge in [-0.3, -0.25) is 0 Å². The van der Waals surface area contributed by atoms with Crippen LogP contribution in [-0.2, 0) is 6.42 Å². The maximum Gasteiger partial charge on any atom is 0.159 e. The number of benzene rings is 2. The molecule has 0 amide bonds. The number of fused-ring (bicyclic) bond motifs is 1. The summed E-state index contributed by atoms with van der Waals surface area (Å²) in [6.45, 7) is 0. The summed E-state index contributed by atoms with van der Waals surface area (Å²) in [5.74, 6) is -1.47. The van der Waals surface area contributed by atoms with Gasteiger partial charge in [0.15, 0.2) is 11.6 Å². The van der Waals surface area contributed by atoms with Crippen LogP contribution in [0, 0.1) is 11.6 Å². The van der Waals surface area contributed by atoms with Crippen LogP contribution in [0.5, 0.6) is 0 Å². The van der Waals surface area contributed by atoms with Crippen molar-refractivity contribution in [3.63, 3.8) is 0 Å². The minimum atomic E-state index is -0.837. The van der Waals surface area contributed by atoms with Crippen molar-refractivity contribution >= 4 is 0 Å². The smallest absolute Gasteiger partial charge is 0.159 e. The van der Waals surface area contributed by atoms with E-state index in [4.69, 9.17) is 5.73 Å². The zero-order valence-electron chi connectivity index (χ0n) is 9.74. The van der Waals surface area contributed by atoms with Crippen LogP contribution in [0.15, 0.2) is 42.5 Å². The minimum absolute atomic E-state index is 0.200. The molecule has 2 unspecified atom stereocenters. The molecule has 3 rings (SSSR count). The molecule has 2 atom stereocenters. The molecule has 0 saturated carbocycles. The highest BCUT2D eigenvalue weighted by Crippen LogP contribution is 2.42. The van der Waals surface area contributed by atoms with Crippen LogP contribution in [0.2, 0.25) is 0 Å². The van der Waals surface area contributed by atoms with Crippen LogP contribution in [-0.4, -0.2) is 0 Å². The molecule has 0 heterocycles. The maximum atomic E-state index is 13.2. The molecule has 0 saturated heterocycles. The molecule has 0 radical (unpaired) electrons. The SMILES string of the molecule is NC(c1ccc(F)c(F)c1)C1Cc2ccccc21. The second-order valence-electron chi connectivity index (χ2n) is 4.71. The normalized spacial score (nSPS) is 18.9. The van der Waals surface area contributed by atoms with Gasteiger partial charge in [-0.25, -0.2) is 8.78 Å². The number of nitrogens with two attached hydrogens (primary N) is 1. The van der Waals surface area contributed by atoms with Gasteiger partial charge in [0.05, 0.1) is 0 Å². The van der Waals surface area contributed by atoms with Crippen LogP contribution in [0.1, 0.15) is 28.7 Å². The molecule has 0 aliphatic heterocycles. The van der Waals surface area contributed by atoms with Crippen molar-refractivity contribution in [1.29, 1.82) is 0 Å². The maximum absolute atomic E-state index is 13.2. The summed E-state index contributed by atoms with van der Waals surface area (Å²) in [7, 11) is 0. The molecular weight excluding hydrogens is 232 g/mol. The lowest BCUT2D eigenvalue weighted by molar-refractivity contribution is 0.482. The number of hydrogen-bond donors (Lipinski definition) is 1. The Bertz CT molecular complexity index is 595. The average molecular weight is 245 g/mol. The molecule has 3 heteroatoms. The number of halogens is 2. The van der Waals surface area contributed by atoms with Gasteiger partial charge in [0.1, 0.15) is 0 Å². The number of hydrogen-bond acceptors (Lipinski definition) is 1. The van der Waals surface area contributed by atoms with E-state index in [2.05, 4.69) is 6.07 Å². The first-order valence-electron chi connectivity index (χ1n) is 5.95. The fourth-order valence-electron chi connectivity index (χ4n) is 2.57. The van der Waals surface area contributed by atoms with Crippen LogP contribution in [0.4, 0.5) is 8.78 Å². The van der Waals surface area contributed by atoms with Gasteiger partial charge < -0.3 is 5.73 Å². The van der Waals surface area contributed by atoms with E-state index in [1.807, 2.05) is 18.2 Å². The van der Waals surface area contributed by atoms with Gasteiger partial charge in [0, 0.05) is 12.0 Å². The molecular formula is C15H13F2N. The van der Waals surface area contributed by atoms with E-state index in [-0.39, 0.29) is 12.0 Å². The predicted octanol–water partition coefficient (Wildman–Crippen LogP) is 3.30. The Kier molecular flexibility index (Phi) is 2.63. The fourth-order valence-corrected chi connectivity index (χ4v) is 2.57. The lowest BCUT2D eigenvalue weighted by atomic mass is 9.72. The van der Waals surface area contributed by atoms with Crippen LogP contribution in [0.25, 0.3) is 0 Å². The van der Waals surface area contributed by atoms with Crippen molar-refractivity contribution < 1.29 is 8.78 Å². The molecule has 0 fully saturated rings. The Balaban J connectivity index is 1.88. The average Bonchev–Trinajstić information content (AvgIpc) is 2.34. The Morgan fingerprint density at radius 1 is 1.06 bits per heavy atom. The van der Waals surface area contributed by atoms with Crippen molar-refractivity contribution in [2.24, 2.45) is 5.73 Å². The highest BCUT2D eigenvalue weighted by molar-refractivity contribution is 5.43. The largest absolute Gasteiger partial charge is 0.323 e. The van der Waals surface area contributed by atoms with Crippen molar-refractivity contribution in [3.8, 4) is 0 Å². The monoisotopic (exact) mass is 245 g/mol. The van der Waals surface area contributed by atoms with E-state index >= 15 is 0 Å². The zero-order valence-corrected chi connectivity index (χ0v) is 9.74. The number of rotatable bonds is 2. The van der Waals surface area contributed by atoms with E-state index in [1.54, 1.807) is 6.07 Å². The topological polar surface area (TPSA) is 26.0 Å². The van der Waals surface area contributed by atoms with Crippen molar-refractivity contribution in [2.45, 2.75) is 18.4 Å². The summed E-state index contributed by atoms with van der Waals surface area (Å²) in [5.41, 5.74) is 9.30. The molecule has 0 bridgehead atoms. The first-order valence-corrected chi connectivity index (χ1v) is 5.95. The first kappa shape index (κ1) is 11.4. The van der Waals surface area contributed by atoms with Gasteiger partial charge in [0.25, 0.3) is 0 Å². The molecule has 0 aromatic heterocycles. The lowest BCUT2D eigenvalue weighted by Gasteiger charge is -2.34. The Morgan fingerprint density at radius 3 is 2.56 bits per heavy atom. The third-order valence-corrected chi connectivity index (χ3v) is 3.66. The van der Waals surface area contributed by atoms with Crippen molar-refractivity contribution in [3.05, 3.63) is 70.8 Å². The minimum Gasteiger partial charge on any atom is -0.323 e. The van der Waals surface area contributed by atoms with E-state index in [0.29, 0.717) is 5.56 Å². The third-order valence-electron chi connectivity index (χ3n) is 3.66. The molecule has 18 heavy (non-hydrogen) atoms. The van der Waals surface area contributed by atoms with Gasteiger partial charge in [-0.1, -0.05) is 30.3 Å². The molecule has 1 aliphatic rings. The standard InChI is InChI=1S/C15H13F2N/c16-13-6-5-10(8-14(13)17)15(18)12-7-9-3-1-2-4-11(9)12/h1-6,8,12,15H,7,18H2. The van der Waals surface area contributed by atoms with Crippen LogP contribution < -0.4 is 5.73 Å². The summed E-state index contributed by atoms with van der Waals surface area (Å²) >= 11 is 0. The van der Waals surface area contributed by atoms with E-state index in [9.17, 15) is 8.78 Å². The fraction of sp³-hybridized carbons (Fsp3) is 0.200. The van der Waals surface area contributed by atoms with Crippen LogP contribution in [0.3, 0.4) is 0 Å². The molecule has 2 N–H and O–H groups in total. The second kappa shape index (κ2) is 4.18. The van der Waals surface area contributed by atoms with Crippen molar-refractivity contribution in [2.75, 3.05) is 0 Å². The summed E-state index contributed by atoms with van der Waals surface area (Å²) < 4.78 is 26.1. The zero-order chi connectivity index (χ0) is 12.7. The van der Waals surface area contributed by atoms with E-state index in [1.165, 1.54) is 17.2 Å². The van der Waals surface area contributed by atoms with Gasteiger partial charge in [-0.05, 0) is 35.2 Å². The first-order chi connectivity index (χ1) is 8.66. The van der Waals surface area contributed by atoms with Gasteiger partial charge in [-0.2, -0.15) is 0 Å². The summed E-state index contributed by atoms with van der Waals surface area (Å²) in [4.78, 5) is 0. The second-order valence-corrected chi connectivity index (χ2v) is 4.71. The van der Waals surface area contributed by atoms with Gasteiger partial charge >= 0.3 is 0 Å². The Hall–Kier alpha value is -1.74. The molecule has 92 valence electrons. The molecule has 2 aromatic carbocycles. The molecule has 0 spiro atoms. The summed E-state index contributed by atoms with van der Waals surface area (Å²) in [5, 5.41) is 0. The highest BCUT2D eigenvalue weighted by atomic mass is 19.2. The molecule has 2 aromatic rings. The lowest BCUT2D eigenvalue weighted by Crippen LogP contribution is -2.29. The predicted molar refractivity (Wildman–Crippen MR) is 66.2 cm³/mol. The Morgan fingerprint density at radius 2 is 1.83 bits per heavy atom. The van der Waals surface area contributed by atoms with Gasteiger partial charge in [-0.15, -0.1) is 0 Å². The highest BCUT2D eigenvalue weighted by Gasteiger charge is 2.31. The van der Waals surface area contributed by atoms with Crippen molar-refractivity contribution in [1.82, 2.24) is 0 Å². The molecule has 1 aliphatic carbocycles. The Labute approximate surface area is 104 Å². The summed E-state index contributed by atoms with van der Waals surface area (Å²) in [6.07, 6.45) is 0.899. The quantitative estimate of drug-likeness (QED) is 0.863. The van der Waals surface area contributed by atoms with E-state index < -0.39 is 11.6 Å². The van der Waals surface area contributed by atoms with E-state index in [0.717, 1.165) is 12.5 Å². The third kappa shape index (κ3) is 1.71.